The fourth-order valence-electron chi connectivity index (χ4n) is 4.01. The van der Waals surface area contributed by atoms with Crippen molar-refractivity contribution in [3.8, 4) is 5.75 Å². The third-order valence-electron chi connectivity index (χ3n) is 5.07. The van der Waals surface area contributed by atoms with E-state index in [0.29, 0.717) is 5.92 Å². The van der Waals surface area contributed by atoms with Gasteiger partial charge < -0.3 is 10.4 Å². The summed E-state index contributed by atoms with van der Waals surface area (Å²) in [5.41, 5.74) is 1.83. The molecule has 1 aliphatic carbocycles. The van der Waals surface area contributed by atoms with Crippen molar-refractivity contribution in [2.75, 3.05) is 26.2 Å². The highest BCUT2D eigenvalue weighted by atomic mass is 35.5. The monoisotopic (exact) mass is 364 g/mol. The van der Waals surface area contributed by atoms with E-state index in [4.69, 9.17) is 0 Å². The van der Waals surface area contributed by atoms with Crippen LogP contribution < -0.4 is 5.32 Å². The second-order valence-corrected chi connectivity index (χ2v) is 6.40. The summed E-state index contributed by atoms with van der Waals surface area (Å²) >= 11 is 0. The minimum Gasteiger partial charge on any atom is -0.505 e. The fraction of sp³-hybridized carbons (Fsp3) is 0.647. The normalized spacial score (nSPS) is 20.6. The van der Waals surface area contributed by atoms with Crippen molar-refractivity contribution in [3.05, 3.63) is 29.1 Å². The molecule has 1 aliphatic heterocycles. The number of hydrogen-bond donors (Lipinski definition) is 2. The number of phenolic OH excluding ortho intramolecular Hbond substituents is 1. The molecule has 0 amide bonds. The molecule has 0 spiro atoms. The van der Waals surface area contributed by atoms with Crippen molar-refractivity contribution >= 4 is 24.8 Å². The third kappa shape index (κ3) is 4.30. The maximum atomic E-state index is 13.9. The van der Waals surface area contributed by atoms with E-state index in [-0.39, 0.29) is 36.6 Å². The number of nitrogens with one attached hydrogen (secondary N) is 1. The van der Waals surface area contributed by atoms with Gasteiger partial charge in [-0.2, -0.15) is 0 Å². The molecule has 1 aromatic carbocycles. The van der Waals surface area contributed by atoms with Crippen LogP contribution in [0.5, 0.6) is 5.75 Å². The fourth-order valence-corrected chi connectivity index (χ4v) is 4.01. The standard InChI is InChI=1S/C17H25FN2O.2ClH/c1-12-6-7-14(18)17(21)15(12)16(13-4-2-3-5-13)20-10-8-19-9-11-20;;/h6-7,13,16,19,21H,2-5,8-11H2,1H3;2*1H/t16-;;/m1../s1. The molecule has 23 heavy (non-hydrogen) atoms. The molecule has 2 N–H and O–H groups in total. The summed E-state index contributed by atoms with van der Waals surface area (Å²) in [5, 5.41) is 13.7. The van der Waals surface area contributed by atoms with E-state index in [1.54, 1.807) is 6.07 Å². The van der Waals surface area contributed by atoms with Crippen LogP contribution in [-0.4, -0.2) is 36.2 Å². The van der Waals surface area contributed by atoms with Crippen LogP contribution in [0.1, 0.15) is 42.9 Å². The Morgan fingerprint density at radius 3 is 2.39 bits per heavy atom. The number of nitrogens with zero attached hydrogens (tertiary/aromatic N) is 1. The second kappa shape index (κ2) is 9.07. The molecular formula is C17H27Cl2FN2O. The van der Waals surface area contributed by atoms with E-state index >= 15 is 0 Å². The lowest BCUT2D eigenvalue weighted by molar-refractivity contribution is 0.122. The minimum absolute atomic E-state index is 0. The van der Waals surface area contributed by atoms with E-state index in [9.17, 15) is 9.50 Å². The second-order valence-electron chi connectivity index (χ2n) is 6.40. The van der Waals surface area contributed by atoms with Crippen molar-refractivity contribution in [1.82, 2.24) is 10.2 Å². The van der Waals surface area contributed by atoms with Crippen LogP contribution in [0.2, 0.25) is 0 Å². The Balaban J connectivity index is 0.00000132. The summed E-state index contributed by atoms with van der Waals surface area (Å²) in [5.74, 6) is -0.0892. The Kier molecular flexibility index (Phi) is 8.08. The summed E-state index contributed by atoms with van der Waals surface area (Å²) in [6.07, 6.45) is 4.87. The highest BCUT2D eigenvalue weighted by Gasteiger charge is 2.34. The van der Waals surface area contributed by atoms with E-state index in [2.05, 4.69) is 10.2 Å². The summed E-state index contributed by atoms with van der Waals surface area (Å²) in [6.45, 7) is 5.86. The first-order valence-electron chi connectivity index (χ1n) is 8.11. The van der Waals surface area contributed by atoms with Gasteiger partial charge in [0.25, 0.3) is 0 Å². The summed E-state index contributed by atoms with van der Waals surface area (Å²) < 4.78 is 13.9. The zero-order valence-corrected chi connectivity index (χ0v) is 15.2. The van der Waals surface area contributed by atoms with Gasteiger partial charge in [-0.3, -0.25) is 4.90 Å². The number of halogens is 3. The highest BCUT2D eigenvalue weighted by Crippen LogP contribution is 2.44. The highest BCUT2D eigenvalue weighted by molar-refractivity contribution is 5.85. The molecule has 6 heteroatoms. The maximum absolute atomic E-state index is 13.9. The lowest BCUT2D eigenvalue weighted by Crippen LogP contribution is -2.46. The number of phenols is 1. The smallest absolute Gasteiger partial charge is 0.165 e. The molecule has 0 unspecified atom stereocenters. The van der Waals surface area contributed by atoms with Crippen molar-refractivity contribution < 1.29 is 9.50 Å². The zero-order chi connectivity index (χ0) is 14.8. The maximum Gasteiger partial charge on any atom is 0.165 e. The van der Waals surface area contributed by atoms with Crippen LogP contribution in [0.3, 0.4) is 0 Å². The Hall–Kier alpha value is -0.550. The van der Waals surface area contributed by atoms with Gasteiger partial charge in [0.2, 0.25) is 0 Å². The van der Waals surface area contributed by atoms with Crippen molar-refractivity contribution in [3.63, 3.8) is 0 Å². The Bertz CT molecular complexity index is 504. The predicted molar refractivity (Wildman–Crippen MR) is 96.4 cm³/mol. The van der Waals surface area contributed by atoms with E-state index < -0.39 is 5.82 Å². The molecule has 132 valence electrons. The number of aromatic hydroxyl groups is 1. The largest absolute Gasteiger partial charge is 0.505 e. The van der Waals surface area contributed by atoms with Gasteiger partial charge in [-0.1, -0.05) is 18.9 Å². The molecule has 1 aromatic rings. The van der Waals surface area contributed by atoms with Gasteiger partial charge in [-0.25, -0.2) is 4.39 Å². The first kappa shape index (κ1) is 20.5. The summed E-state index contributed by atoms with van der Waals surface area (Å²) in [7, 11) is 0. The van der Waals surface area contributed by atoms with Gasteiger partial charge in [0.15, 0.2) is 11.6 Å². The lowest BCUT2D eigenvalue weighted by Gasteiger charge is -2.39. The first-order valence-corrected chi connectivity index (χ1v) is 8.11. The van der Waals surface area contributed by atoms with Crippen LogP contribution >= 0.6 is 24.8 Å². The van der Waals surface area contributed by atoms with Gasteiger partial charge >= 0.3 is 0 Å². The molecule has 2 fully saturated rings. The Morgan fingerprint density at radius 1 is 1.17 bits per heavy atom. The summed E-state index contributed by atoms with van der Waals surface area (Å²) in [6, 6.07) is 3.33. The van der Waals surface area contributed by atoms with Crippen LogP contribution in [0.15, 0.2) is 12.1 Å². The SMILES string of the molecule is Cc1ccc(F)c(O)c1[C@@H](C1CCCC1)N1CCNCC1.Cl.Cl. The molecular weight excluding hydrogens is 338 g/mol. The minimum atomic E-state index is -0.492. The Morgan fingerprint density at radius 2 is 1.78 bits per heavy atom. The van der Waals surface area contributed by atoms with E-state index in [1.165, 1.54) is 31.7 Å². The van der Waals surface area contributed by atoms with Crippen LogP contribution in [0.25, 0.3) is 0 Å². The van der Waals surface area contributed by atoms with Crippen molar-refractivity contribution in [2.45, 2.75) is 38.6 Å². The molecule has 0 radical (unpaired) electrons. The molecule has 3 rings (SSSR count). The quantitative estimate of drug-likeness (QED) is 0.855. The average Bonchev–Trinajstić information content (AvgIpc) is 3.02. The van der Waals surface area contributed by atoms with Gasteiger partial charge in [0.1, 0.15) is 0 Å². The molecule has 1 saturated carbocycles. The molecule has 1 heterocycles. The molecule has 1 atom stereocenters. The van der Waals surface area contributed by atoms with Gasteiger partial charge in [0.05, 0.1) is 0 Å². The zero-order valence-electron chi connectivity index (χ0n) is 13.6. The van der Waals surface area contributed by atoms with Gasteiger partial charge in [-0.05, 0) is 37.3 Å². The molecule has 3 nitrogen and oxygen atoms in total. The van der Waals surface area contributed by atoms with Crippen molar-refractivity contribution in [1.29, 1.82) is 0 Å². The van der Waals surface area contributed by atoms with Gasteiger partial charge in [-0.15, -0.1) is 24.8 Å². The number of rotatable bonds is 3. The molecule has 0 bridgehead atoms. The topological polar surface area (TPSA) is 35.5 Å². The number of aryl methyl sites for hydroxylation is 1. The Labute approximate surface area is 150 Å². The molecule has 1 saturated heterocycles. The number of piperazine rings is 1. The van der Waals surface area contributed by atoms with Crippen LogP contribution in [0.4, 0.5) is 4.39 Å². The first-order chi connectivity index (χ1) is 10.2. The third-order valence-corrected chi connectivity index (χ3v) is 5.07. The predicted octanol–water partition coefficient (Wildman–Crippen LogP) is 3.82. The number of hydrogen-bond acceptors (Lipinski definition) is 3. The van der Waals surface area contributed by atoms with Crippen molar-refractivity contribution in [2.24, 2.45) is 5.92 Å². The van der Waals surface area contributed by atoms with E-state index in [0.717, 1.165) is 37.3 Å². The van der Waals surface area contributed by atoms with Gasteiger partial charge in [0, 0.05) is 37.8 Å². The average molecular weight is 365 g/mol. The lowest BCUT2D eigenvalue weighted by atomic mass is 9.86. The number of benzene rings is 1. The van der Waals surface area contributed by atoms with Crippen LogP contribution in [-0.2, 0) is 0 Å². The molecule has 2 aliphatic rings. The molecule has 0 aromatic heterocycles. The summed E-state index contributed by atoms with van der Waals surface area (Å²) in [4.78, 5) is 2.44. The van der Waals surface area contributed by atoms with Crippen LogP contribution in [0, 0.1) is 18.7 Å². The van der Waals surface area contributed by atoms with E-state index in [1.807, 2.05) is 6.92 Å².